The normalized spacial score (nSPS) is 30.2. The molecular weight excluding hydrogens is 128 g/mol. The van der Waals surface area contributed by atoms with Gasteiger partial charge in [0.05, 0.1) is 12.2 Å². The van der Waals surface area contributed by atoms with Crippen molar-refractivity contribution in [2.45, 2.75) is 37.7 Å². The molecule has 2 aliphatic rings. The van der Waals surface area contributed by atoms with Crippen LogP contribution in [0.15, 0.2) is 0 Å². The van der Waals surface area contributed by atoms with Crippen LogP contribution in [0.3, 0.4) is 0 Å². The first-order valence-electron chi connectivity index (χ1n) is 3.96. The quantitative estimate of drug-likeness (QED) is 0.506. The Morgan fingerprint density at radius 3 is 2.20 bits per heavy atom. The van der Waals surface area contributed by atoms with Crippen molar-refractivity contribution < 1.29 is 9.53 Å². The van der Waals surface area contributed by atoms with Gasteiger partial charge in [-0.25, -0.2) is 0 Å². The van der Waals surface area contributed by atoms with Gasteiger partial charge in [-0.3, -0.25) is 4.79 Å². The molecule has 1 spiro atoms. The van der Waals surface area contributed by atoms with Crippen molar-refractivity contribution in [1.82, 2.24) is 0 Å². The van der Waals surface area contributed by atoms with Crippen molar-refractivity contribution in [2.75, 3.05) is 6.61 Å². The molecule has 2 fully saturated rings. The van der Waals surface area contributed by atoms with Gasteiger partial charge in [0, 0.05) is 12.8 Å². The fourth-order valence-corrected chi connectivity index (χ4v) is 1.77. The molecule has 2 nitrogen and oxygen atoms in total. The summed E-state index contributed by atoms with van der Waals surface area (Å²) < 4.78 is 5.46. The molecular formula is C8H12O2. The molecule has 2 rings (SSSR count). The Kier molecular flexibility index (Phi) is 1.31. The highest BCUT2D eigenvalue weighted by Gasteiger charge is 2.40. The van der Waals surface area contributed by atoms with Gasteiger partial charge in [0.15, 0.2) is 0 Å². The van der Waals surface area contributed by atoms with Crippen LogP contribution in [-0.2, 0) is 9.53 Å². The molecule has 10 heavy (non-hydrogen) atoms. The first-order chi connectivity index (χ1) is 4.81. The minimum absolute atomic E-state index is 0.161. The summed E-state index contributed by atoms with van der Waals surface area (Å²) in [5, 5.41) is 0. The Balaban J connectivity index is 1.96. The van der Waals surface area contributed by atoms with Gasteiger partial charge < -0.3 is 4.74 Å². The maximum absolute atomic E-state index is 10.8. The molecule has 0 aromatic rings. The van der Waals surface area contributed by atoms with Crippen molar-refractivity contribution in [2.24, 2.45) is 0 Å². The van der Waals surface area contributed by atoms with Crippen molar-refractivity contribution in [3.8, 4) is 0 Å². The van der Waals surface area contributed by atoms with Crippen LogP contribution in [0.2, 0.25) is 0 Å². The zero-order valence-corrected chi connectivity index (χ0v) is 6.06. The zero-order chi connectivity index (χ0) is 7.03. The van der Waals surface area contributed by atoms with Gasteiger partial charge >= 0.3 is 0 Å². The van der Waals surface area contributed by atoms with Crippen LogP contribution in [0.4, 0.5) is 0 Å². The maximum atomic E-state index is 10.8. The molecule has 2 heteroatoms. The molecule has 0 N–H and O–H groups in total. The van der Waals surface area contributed by atoms with E-state index in [-0.39, 0.29) is 5.60 Å². The SMILES string of the molecule is O=C1CCC2(CCO2)CC1. The van der Waals surface area contributed by atoms with Crippen LogP contribution in [0, 0.1) is 0 Å². The predicted molar refractivity (Wildman–Crippen MR) is 36.8 cm³/mol. The van der Waals surface area contributed by atoms with Gasteiger partial charge in [-0.05, 0) is 19.3 Å². The Bertz CT molecular complexity index is 147. The van der Waals surface area contributed by atoms with E-state index >= 15 is 0 Å². The van der Waals surface area contributed by atoms with E-state index in [1.807, 2.05) is 0 Å². The number of hydrogen-bond donors (Lipinski definition) is 0. The molecule has 1 heterocycles. The lowest BCUT2D eigenvalue weighted by atomic mass is 9.79. The summed E-state index contributed by atoms with van der Waals surface area (Å²) in [6, 6.07) is 0. The van der Waals surface area contributed by atoms with Gasteiger partial charge in [-0.2, -0.15) is 0 Å². The largest absolute Gasteiger partial charge is 0.375 e. The lowest BCUT2D eigenvalue weighted by Crippen LogP contribution is -2.46. The monoisotopic (exact) mass is 140 g/mol. The number of carbonyl (C=O) groups excluding carboxylic acids is 1. The lowest BCUT2D eigenvalue weighted by Gasteiger charge is -2.44. The van der Waals surface area contributed by atoms with Gasteiger partial charge in [-0.1, -0.05) is 0 Å². The number of hydrogen-bond acceptors (Lipinski definition) is 2. The van der Waals surface area contributed by atoms with Gasteiger partial charge in [0.2, 0.25) is 0 Å². The fraction of sp³-hybridized carbons (Fsp3) is 0.875. The summed E-state index contributed by atoms with van der Waals surface area (Å²) in [5.41, 5.74) is 0.161. The van der Waals surface area contributed by atoms with E-state index in [4.69, 9.17) is 4.74 Å². The Labute approximate surface area is 60.6 Å². The molecule has 1 saturated heterocycles. The Morgan fingerprint density at radius 1 is 1.20 bits per heavy atom. The fourth-order valence-electron chi connectivity index (χ4n) is 1.77. The highest BCUT2D eigenvalue weighted by atomic mass is 16.5. The molecule has 1 aliphatic heterocycles. The smallest absolute Gasteiger partial charge is 0.133 e. The van der Waals surface area contributed by atoms with Crippen LogP contribution in [-0.4, -0.2) is 18.0 Å². The molecule has 1 aliphatic carbocycles. The van der Waals surface area contributed by atoms with E-state index in [0.717, 1.165) is 32.3 Å². The zero-order valence-electron chi connectivity index (χ0n) is 6.06. The molecule has 0 aromatic carbocycles. The van der Waals surface area contributed by atoms with Crippen LogP contribution in [0.25, 0.3) is 0 Å². The van der Waals surface area contributed by atoms with E-state index < -0.39 is 0 Å². The van der Waals surface area contributed by atoms with Crippen molar-refractivity contribution in [1.29, 1.82) is 0 Å². The Morgan fingerprint density at radius 2 is 1.80 bits per heavy atom. The van der Waals surface area contributed by atoms with Crippen molar-refractivity contribution in [3.63, 3.8) is 0 Å². The summed E-state index contributed by atoms with van der Waals surface area (Å²) >= 11 is 0. The van der Waals surface area contributed by atoms with Gasteiger partial charge in [0.25, 0.3) is 0 Å². The summed E-state index contributed by atoms with van der Waals surface area (Å²) in [4.78, 5) is 10.8. The van der Waals surface area contributed by atoms with Crippen LogP contribution in [0.5, 0.6) is 0 Å². The van der Waals surface area contributed by atoms with E-state index in [1.54, 1.807) is 0 Å². The molecule has 0 atom stereocenters. The van der Waals surface area contributed by atoms with Gasteiger partial charge in [-0.15, -0.1) is 0 Å². The number of Topliss-reactive ketones (excluding diaryl/α,β-unsaturated/α-hetero) is 1. The van der Waals surface area contributed by atoms with Crippen LogP contribution in [0.1, 0.15) is 32.1 Å². The van der Waals surface area contributed by atoms with E-state index in [9.17, 15) is 4.79 Å². The average molecular weight is 140 g/mol. The average Bonchev–Trinajstić information content (AvgIpc) is 1.86. The minimum atomic E-state index is 0.161. The highest BCUT2D eigenvalue weighted by molar-refractivity contribution is 5.79. The Hall–Kier alpha value is -0.370. The third-order valence-electron chi connectivity index (χ3n) is 2.68. The van der Waals surface area contributed by atoms with Crippen LogP contribution < -0.4 is 0 Å². The summed E-state index contributed by atoms with van der Waals surface area (Å²) in [6.07, 6.45) is 4.64. The van der Waals surface area contributed by atoms with E-state index in [0.29, 0.717) is 5.78 Å². The van der Waals surface area contributed by atoms with Crippen molar-refractivity contribution >= 4 is 5.78 Å². The molecule has 1 saturated carbocycles. The third-order valence-corrected chi connectivity index (χ3v) is 2.68. The first-order valence-corrected chi connectivity index (χ1v) is 3.96. The minimum Gasteiger partial charge on any atom is -0.375 e. The van der Waals surface area contributed by atoms with E-state index in [2.05, 4.69) is 0 Å². The molecule has 0 bridgehead atoms. The summed E-state index contributed by atoms with van der Waals surface area (Å²) in [6.45, 7) is 0.911. The molecule has 0 unspecified atom stereocenters. The second-order valence-electron chi connectivity index (χ2n) is 3.32. The molecule has 0 amide bonds. The first kappa shape index (κ1) is 6.35. The topological polar surface area (TPSA) is 26.3 Å². The lowest BCUT2D eigenvalue weighted by molar-refractivity contribution is -0.169. The van der Waals surface area contributed by atoms with E-state index in [1.165, 1.54) is 6.42 Å². The summed E-state index contributed by atoms with van der Waals surface area (Å²) in [5.74, 6) is 0.418. The second-order valence-corrected chi connectivity index (χ2v) is 3.32. The van der Waals surface area contributed by atoms with Crippen molar-refractivity contribution in [3.05, 3.63) is 0 Å². The maximum Gasteiger partial charge on any atom is 0.133 e. The highest BCUT2D eigenvalue weighted by Crippen LogP contribution is 2.38. The standard InChI is InChI=1S/C8H12O2/c9-7-1-3-8(4-2-7)5-6-10-8/h1-6H2. The molecule has 56 valence electrons. The number of ketones is 1. The van der Waals surface area contributed by atoms with Gasteiger partial charge in [0.1, 0.15) is 5.78 Å². The molecule has 0 radical (unpaired) electrons. The second kappa shape index (κ2) is 2.06. The molecule has 0 aromatic heterocycles. The summed E-state index contributed by atoms with van der Waals surface area (Å²) in [7, 11) is 0. The third kappa shape index (κ3) is 0.870. The predicted octanol–water partition coefficient (Wildman–Crippen LogP) is 1.29. The number of rotatable bonds is 0. The van der Waals surface area contributed by atoms with Crippen LogP contribution >= 0.6 is 0 Å². The number of ether oxygens (including phenoxy) is 1. The number of carbonyl (C=O) groups is 1.